The number of hydrogen-bond acceptors (Lipinski definition) is 3. The van der Waals surface area contributed by atoms with Gasteiger partial charge in [0.15, 0.2) is 6.29 Å². The van der Waals surface area contributed by atoms with Crippen LogP contribution in [0.25, 0.3) is 0 Å². The first-order chi connectivity index (χ1) is 6.40. The van der Waals surface area contributed by atoms with Gasteiger partial charge in [-0.15, -0.1) is 0 Å². The van der Waals surface area contributed by atoms with Gasteiger partial charge in [0.2, 0.25) is 0 Å². The van der Waals surface area contributed by atoms with Crippen LogP contribution in [0.3, 0.4) is 0 Å². The van der Waals surface area contributed by atoms with E-state index in [0.29, 0.717) is 5.69 Å². The molecule has 0 amide bonds. The summed E-state index contributed by atoms with van der Waals surface area (Å²) in [5.41, 5.74) is 1.37. The third-order valence-electron chi connectivity index (χ3n) is 2.26. The van der Waals surface area contributed by atoms with Gasteiger partial charge in [0.1, 0.15) is 5.69 Å². The maximum absolute atomic E-state index is 10.4. The predicted octanol–water partition coefficient (Wildman–Crippen LogP) is 1.46. The van der Waals surface area contributed by atoms with Crippen LogP contribution in [0.5, 0.6) is 0 Å². The Bertz CT molecular complexity index is 290. The molecule has 1 saturated heterocycles. The maximum atomic E-state index is 10.4. The van der Waals surface area contributed by atoms with Crippen LogP contribution >= 0.6 is 0 Å². The molecule has 2 rings (SSSR count). The Balaban J connectivity index is 2.09. The van der Waals surface area contributed by atoms with Crippen LogP contribution < -0.4 is 0 Å². The van der Waals surface area contributed by atoms with Crippen LogP contribution in [0.15, 0.2) is 6.07 Å². The fourth-order valence-corrected chi connectivity index (χ4v) is 1.56. The van der Waals surface area contributed by atoms with Crippen LogP contribution in [0.4, 0.5) is 0 Å². The van der Waals surface area contributed by atoms with E-state index in [-0.39, 0.29) is 6.10 Å². The van der Waals surface area contributed by atoms with E-state index in [1.807, 2.05) is 0 Å². The first kappa shape index (κ1) is 8.44. The number of aromatic amines is 1. The number of aldehydes is 1. The van der Waals surface area contributed by atoms with E-state index in [1.165, 1.54) is 6.42 Å². The molecule has 1 N–H and O–H groups in total. The molecule has 0 spiro atoms. The molecule has 2 heterocycles. The third-order valence-corrected chi connectivity index (χ3v) is 2.26. The minimum atomic E-state index is 0.106. The summed E-state index contributed by atoms with van der Waals surface area (Å²) in [7, 11) is 0. The zero-order valence-corrected chi connectivity index (χ0v) is 7.32. The minimum absolute atomic E-state index is 0.106. The van der Waals surface area contributed by atoms with E-state index in [1.54, 1.807) is 6.07 Å². The van der Waals surface area contributed by atoms with Crippen molar-refractivity contribution in [2.75, 3.05) is 6.61 Å². The molecule has 1 aromatic heterocycles. The van der Waals surface area contributed by atoms with Crippen molar-refractivity contribution in [2.24, 2.45) is 0 Å². The number of nitrogens with one attached hydrogen (secondary N) is 1. The molecule has 1 atom stereocenters. The predicted molar refractivity (Wildman–Crippen MR) is 46.5 cm³/mol. The molecule has 1 aliphatic rings. The normalized spacial score (nSPS) is 22.9. The molecule has 13 heavy (non-hydrogen) atoms. The molecule has 4 nitrogen and oxygen atoms in total. The quantitative estimate of drug-likeness (QED) is 0.701. The largest absolute Gasteiger partial charge is 0.372 e. The van der Waals surface area contributed by atoms with Gasteiger partial charge in [0.25, 0.3) is 0 Å². The van der Waals surface area contributed by atoms with Crippen LogP contribution in [-0.2, 0) is 4.74 Å². The van der Waals surface area contributed by atoms with Gasteiger partial charge in [0, 0.05) is 6.61 Å². The van der Waals surface area contributed by atoms with Gasteiger partial charge in [-0.3, -0.25) is 9.89 Å². The molecule has 0 bridgehead atoms. The van der Waals surface area contributed by atoms with Gasteiger partial charge in [-0.2, -0.15) is 5.10 Å². The molecule has 70 valence electrons. The first-order valence-corrected chi connectivity index (χ1v) is 4.52. The second-order valence-electron chi connectivity index (χ2n) is 3.22. The second kappa shape index (κ2) is 3.70. The van der Waals surface area contributed by atoms with E-state index in [9.17, 15) is 4.79 Å². The number of rotatable bonds is 2. The molecule has 4 heteroatoms. The van der Waals surface area contributed by atoms with Crippen LogP contribution in [0.1, 0.15) is 41.5 Å². The first-order valence-electron chi connectivity index (χ1n) is 4.52. The maximum Gasteiger partial charge on any atom is 0.170 e. The van der Waals surface area contributed by atoms with E-state index in [2.05, 4.69) is 10.2 Å². The summed E-state index contributed by atoms with van der Waals surface area (Å²) in [6, 6.07) is 1.75. The zero-order valence-electron chi connectivity index (χ0n) is 7.32. The molecule has 1 fully saturated rings. The Morgan fingerprint density at radius 2 is 2.54 bits per heavy atom. The van der Waals surface area contributed by atoms with Crippen molar-refractivity contribution in [3.05, 3.63) is 17.5 Å². The van der Waals surface area contributed by atoms with Gasteiger partial charge in [-0.1, -0.05) is 0 Å². The number of aromatic nitrogens is 2. The Morgan fingerprint density at radius 1 is 1.62 bits per heavy atom. The van der Waals surface area contributed by atoms with Crippen molar-refractivity contribution in [2.45, 2.75) is 25.4 Å². The second-order valence-corrected chi connectivity index (χ2v) is 3.22. The van der Waals surface area contributed by atoms with Gasteiger partial charge >= 0.3 is 0 Å². The number of ether oxygens (including phenoxy) is 1. The van der Waals surface area contributed by atoms with Crippen molar-refractivity contribution < 1.29 is 9.53 Å². The molecule has 0 radical (unpaired) electrons. The summed E-state index contributed by atoms with van der Waals surface area (Å²) in [4.78, 5) is 10.4. The zero-order chi connectivity index (χ0) is 9.10. The molecule has 1 aliphatic heterocycles. The Labute approximate surface area is 76.3 Å². The number of H-pyrrole nitrogens is 1. The average molecular weight is 180 g/mol. The molecule has 1 unspecified atom stereocenters. The lowest BCUT2D eigenvalue weighted by atomic mass is 10.1. The van der Waals surface area contributed by atoms with Crippen LogP contribution in [0.2, 0.25) is 0 Å². The van der Waals surface area contributed by atoms with Crippen molar-refractivity contribution in [3.63, 3.8) is 0 Å². The number of carbonyl (C=O) groups excluding carboxylic acids is 1. The number of nitrogens with zero attached hydrogens (tertiary/aromatic N) is 1. The highest BCUT2D eigenvalue weighted by molar-refractivity contribution is 5.71. The van der Waals surface area contributed by atoms with Gasteiger partial charge in [-0.25, -0.2) is 0 Å². The summed E-state index contributed by atoms with van der Waals surface area (Å²) in [6.07, 6.45) is 4.17. The number of hydrogen-bond donors (Lipinski definition) is 1. The number of carbonyl (C=O) groups is 1. The van der Waals surface area contributed by atoms with Gasteiger partial charge in [0.05, 0.1) is 11.8 Å². The fourth-order valence-electron chi connectivity index (χ4n) is 1.56. The van der Waals surface area contributed by atoms with E-state index in [4.69, 9.17) is 4.74 Å². The molecule has 0 aromatic carbocycles. The lowest BCUT2D eigenvalue weighted by Crippen LogP contribution is -2.11. The third kappa shape index (κ3) is 1.78. The average Bonchev–Trinajstić information content (AvgIpc) is 2.67. The molecule has 1 aromatic rings. The summed E-state index contributed by atoms with van der Waals surface area (Å²) >= 11 is 0. The summed E-state index contributed by atoms with van der Waals surface area (Å²) in [5.74, 6) is 0. The molecular formula is C9H12N2O2. The summed E-state index contributed by atoms with van der Waals surface area (Å²) < 4.78 is 5.53. The van der Waals surface area contributed by atoms with E-state index in [0.717, 1.165) is 31.4 Å². The lowest BCUT2D eigenvalue weighted by Gasteiger charge is -2.20. The summed E-state index contributed by atoms with van der Waals surface area (Å²) in [5, 5.41) is 6.66. The lowest BCUT2D eigenvalue weighted by molar-refractivity contribution is 0.0123. The van der Waals surface area contributed by atoms with Crippen LogP contribution in [-0.4, -0.2) is 23.1 Å². The highest BCUT2D eigenvalue weighted by atomic mass is 16.5. The van der Waals surface area contributed by atoms with Crippen molar-refractivity contribution in [1.29, 1.82) is 0 Å². The molecule has 0 saturated carbocycles. The van der Waals surface area contributed by atoms with Crippen molar-refractivity contribution >= 4 is 6.29 Å². The van der Waals surface area contributed by atoms with Gasteiger partial charge in [-0.05, 0) is 25.3 Å². The molecular weight excluding hydrogens is 168 g/mol. The standard InChI is InChI=1S/C9H12N2O2/c12-6-7-5-8(11-10-7)9-3-1-2-4-13-9/h5-6,9H,1-4H2,(H,10,11). The Kier molecular flexibility index (Phi) is 2.40. The minimum Gasteiger partial charge on any atom is -0.372 e. The highest BCUT2D eigenvalue weighted by Crippen LogP contribution is 2.26. The SMILES string of the molecule is O=Cc1cc(C2CCCCO2)[nH]n1. The van der Waals surface area contributed by atoms with Gasteiger partial charge < -0.3 is 4.74 Å². The molecule has 0 aliphatic carbocycles. The fraction of sp³-hybridized carbons (Fsp3) is 0.556. The van der Waals surface area contributed by atoms with Crippen molar-refractivity contribution in [1.82, 2.24) is 10.2 Å². The topological polar surface area (TPSA) is 55.0 Å². The smallest absolute Gasteiger partial charge is 0.170 e. The summed E-state index contributed by atoms with van der Waals surface area (Å²) in [6.45, 7) is 0.806. The Morgan fingerprint density at radius 3 is 3.15 bits per heavy atom. The monoisotopic (exact) mass is 180 g/mol. The Hall–Kier alpha value is -1.16. The van der Waals surface area contributed by atoms with Crippen molar-refractivity contribution in [3.8, 4) is 0 Å². The van der Waals surface area contributed by atoms with E-state index >= 15 is 0 Å². The highest BCUT2D eigenvalue weighted by Gasteiger charge is 2.17. The van der Waals surface area contributed by atoms with Crippen LogP contribution in [0, 0.1) is 0 Å². The van der Waals surface area contributed by atoms with E-state index < -0.39 is 0 Å².